The van der Waals surface area contributed by atoms with E-state index < -0.39 is 6.10 Å². The average molecular weight is 1160 g/mol. The number of hydrogen-bond donors (Lipinski definition) is 4. The van der Waals surface area contributed by atoms with Crippen LogP contribution in [0.4, 0.5) is 17.3 Å². The van der Waals surface area contributed by atoms with Crippen LogP contribution in [0.2, 0.25) is 0 Å². The summed E-state index contributed by atoms with van der Waals surface area (Å²) >= 11 is 1.64. The van der Waals surface area contributed by atoms with Gasteiger partial charge in [-0.2, -0.15) is 0 Å². The van der Waals surface area contributed by atoms with Gasteiger partial charge in [0.15, 0.2) is 0 Å². The largest absolute Gasteiger partial charge is 0.392 e. The predicted octanol–water partition coefficient (Wildman–Crippen LogP) is 12.4. The summed E-state index contributed by atoms with van der Waals surface area (Å²) in [5.41, 5.74) is 11.4. The minimum atomic E-state index is -0.480. The van der Waals surface area contributed by atoms with Crippen molar-refractivity contribution in [2.24, 2.45) is 11.3 Å². The zero-order valence-corrected chi connectivity index (χ0v) is 51.5. The normalized spacial score (nSPS) is 16.5. The summed E-state index contributed by atoms with van der Waals surface area (Å²) in [6, 6.07) is 33.7. The van der Waals surface area contributed by atoms with Gasteiger partial charge in [0, 0.05) is 94.3 Å². The van der Waals surface area contributed by atoms with Gasteiger partial charge in [0.25, 0.3) is 5.91 Å². The van der Waals surface area contributed by atoms with E-state index in [0.717, 1.165) is 130 Å². The molecule has 2 aliphatic heterocycles. The van der Waals surface area contributed by atoms with Gasteiger partial charge >= 0.3 is 0 Å². The van der Waals surface area contributed by atoms with Gasteiger partial charge in [-0.25, -0.2) is 15.0 Å². The van der Waals surface area contributed by atoms with Crippen LogP contribution in [0.25, 0.3) is 21.7 Å². The van der Waals surface area contributed by atoms with Gasteiger partial charge in [0.1, 0.15) is 0 Å². The highest BCUT2D eigenvalue weighted by Crippen LogP contribution is 2.34. The Morgan fingerprint density at radius 2 is 1.37 bits per heavy atom. The number of rotatable bonds is 34. The summed E-state index contributed by atoms with van der Waals surface area (Å²) in [4.78, 5) is 48.8. The lowest BCUT2D eigenvalue weighted by molar-refractivity contribution is -0.126. The second-order valence-corrected chi connectivity index (χ2v) is 24.8. The Hall–Kier alpha value is -5.95. The zero-order valence-electron chi connectivity index (χ0n) is 50.7. The number of aliphatic hydroxyl groups is 1. The molecule has 2 aliphatic rings. The Kier molecular flexibility index (Phi) is 25.7. The van der Waals surface area contributed by atoms with Crippen molar-refractivity contribution in [2.75, 3.05) is 96.1 Å². The number of anilines is 3. The van der Waals surface area contributed by atoms with Crippen LogP contribution in [-0.4, -0.2) is 144 Å². The van der Waals surface area contributed by atoms with Crippen LogP contribution in [0.1, 0.15) is 124 Å². The molecular formula is C68H93N9O6S. The molecule has 6 aromatic rings. The number of piperazine rings is 1. The molecule has 0 radical (unpaired) electrons. The molecule has 8 rings (SSSR count). The number of thiazole rings is 1. The summed E-state index contributed by atoms with van der Waals surface area (Å²) < 4.78 is 17.5. The highest BCUT2D eigenvalue weighted by Gasteiger charge is 2.38. The lowest BCUT2D eigenvalue weighted by Gasteiger charge is -2.36. The van der Waals surface area contributed by atoms with Crippen LogP contribution >= 0.6 is 11.3 Å². The third kappa shape index (κ3) is 20.9. The van der Waals surface area contributed by atoms with E-state index in [9.17, 15) is 14.7 Å². The van der Waals surface area contributed by atoms with Crippen LogP contribution in [0, 0.1) is 25.2 Å². The summed E-state index contributed by atoms with van der Waals surface area (Å²) in [6.45, 7) is 23.1. The molecule has 0 unspecified atom stereocenters. The first-order valence-electron chi connectivity index (χ1n) is 30.9. The number of hydrogen-bond acceptors (Lipinski definition) is 14. The third-order valence-electron chi connectivity index (χ3n) is 16.4. The summed E-state index contributed by atoms with van der Waals surface area (Å²) in [6.07, 6.45) is 13.3. The number of nitrogens with zero attached hydrogens (tertiary/aromatic N) is 6. The van der Waals surface area contributed by atoms with E-state index in [1.807, 2.05) is 86.1 Å². The fraction of sp³-hybridized carbons (Fsp3) is 0.515. The number of nitrogens with one attached hydrogen (secondary N) is 3. The second kappa shape index (κ2) is 33.7. The number of benzene rings is 4. The molecule has 4 N–H and O–H groups in total. The van der Waals surface area contributed by atoms with Crippen LogP contribution in [-0.2, 0) is 32.1 Å². The van der Waals surface area contributed by atoms with Crippen LogP contribution in [0.15, 0.2) is 115 Å². The fourth-order valence-electron chi connectivity index (χ4n) is 11.2. The molecular weight excluding hydrogens is 1070 g/mol. The first-order chi connectivity index (χ1) is 40.8. The highest BCUT2D eigenvalue weighted by atomic mass is 32.1. The Labute approximate surface area is 504 Å². The zero-order chi connectivity index (χ0) is 58.9. The van der Waals surface area contributed by atoms with Crippen molar-refractivity contribution in [2.45, 2.75) is 130 Å². The predicted molar refractivity (Wildman–Crippen MR) is 340 cm³/mol. The van der Waals surface area contributed by atoms with Gasteiger partial charge in [-0.15, -0.1) is 11.3 Å². The number of ether oxygens (including phenoxy) is 3. The first-order valence-corrected chi connectivity index (χ1v) is 31.8. The van der Waals surface area contributed by atoms with E-state index in [4.69, 9.17) is 19.2 Å². The molecule has 15 nitrogen and oxygen atoms in total. The molecule has 0 spiro atoms. The monoisotopic (exact) mass is 1160 g/mol. The van der Waals surface area contributed by atoms with Gasteiger partial charge in [0.05, 0.1) is 60.3 Å². The number of likely N-dealkylation sites (tertiary alicyclic amines) is 1. The molecule has 4 heterocycles. The molecule has 452 valence electrons. The van der Waals surface area contributed by atoms with E-state index in [-0.39, 0.29) is 23.3 Å². The molecule has 2 amide bonds. The quantitative estimate of drug-likeness (QED) is 0.0282. The SMILES string of the molecule is Cc1ccc(NC(=O)c2ccc(CN3CCN(CCCCCCOCCOCCOCCCCCCC[C@H](CN4C[C@H](O)C[C@H]4C(=O)NCc4ccc(-c5scnc5C)cc4)C(C)(C)C)CC3)cc2)cc1Nc1nccc(-c2ccccc2)n1. The van der Waals surface area contributed by atoms with Crippen LogP contribution in [0.3, 0.4) is 0 Å². The number of carbonyl (C=O) groups is 2. The molecule has 16 heteroatoms. The second-order valence-electron chi connectivity index (χ2n) is 24.0. The standard InChI is InChI=1S/C68H93N9O6S/c1-51-21-30-59(44-62(51)74-67-69-32-31-61(73-67)55-18-12-11-13-19-55)72-65(79)57-28-24-54(25-29-57)47-76-36-34-75(35-37-76)33-15-8-10-17-39-82-41-43-83-42-40-81-38-16-9-6-7-14-20-58(68(3,4)5)48-77-49-60(78)45-63(77)66(80)70-46-53-22-26-56(27-23-53)64-52(2)71-50-84-64/h11-13,18-19,21-32,44,50,58,60,63,78H,6-10,14-17,20,33-43,45-49H2,1-5H3,(H,70,80)(H,72,79)(H,69,73,74)/t58-,60-,63+/m1/s1. The van der Waals surface area contributed by atoms with Gasteiger partial charge in [-0.3, -0.25) is 19.4 Å². The molecule has 3 atom stereocenters. The highest BCUT2D eigenvalue weighted by molar-refractivity contribution is 7.13. The molecule has 4 aromatic carbocycles. The molecule has 2 saturated heterocycles. The van der Waals surface area contributed by atoms with Crippen molar-refractivity contribution in [3.05, 3.63) is 143 Å². The van der Waals surface area contributed by atoms with Gasteiger partial charge in [0.2, 0.25) is 11.9 Å². The number of amides is 2. The van der Waals surface area contributed by atoms with Crippen molar-refractivity contribution < 1.29 is 28.9 Å². The number of unbranched alkanes of at least 4 members (excludes halogenated alkanes) is 7. The average Bonchev–Trinajstić information content (AvgIpc) is 4.32. The van der Waals surface area contributed by atoms with E-state index in [1.54, 1.807) is 17.5 Å². The Bertz CT molecular complexity index is 2890. The Morgan fingerprint density at radius 3 is 2.06 bits per heavy atom. The minimum absolute atomic E-state index is 0.00252. The first kappa shape index (κ1) is 64.1. The van der Waals surface area contributed by atoms with Gasteiger partial charge in [-0.05, 0) is 116 Å². The van der Waals surface area contributed by atoms with E-state index >= 15 is 0 Å². The van der Waals surface area contributed by atoms with Crippen molar-refractivity contribution in [3.63, 3.8) is 0 Å². The number of aryl methyl sites for hydroxylation is 2. The Balaban J connectivity index is 0.582. The lowest BCUT2D eigenvalue weighted by atomic mass is 9.77. The van der Waals surface area contributed by atoms with Crippen molar-refractivity contribution in [1.82, 2.24) is 35.0 Å². The summed E-state index contributed by atoms with van der Waals surface area (Å²) in [5, 5.41) is 20.2. The lowest BCUT2D eigenvalue weighted by Crippen LogP contribution is -2.46. The number of β-amino-alcohol motifs (C(OH)–C–C–N with tert-alkyl or cyclic N) is 1. The topological polar surface area (TPSA) is 167 Å². The maximum Gasteiger partial charge on any atom is 0.255 e. The van der Waals surface area contributed by atoms with E-state index in [1.165, 1.54) is 42.5 Å². The number of aliphatic hydroxyl groups excluding tert-OH is 1. The van der Waals surface area contributed by atoms with Crippen molar-refractivity contribution in [3.8, 4) is 21.7 Å². The molecule has 0 aliphatic carbocycles. The van der Waals surface area contributed by atoms with Gasteiger partial charge in [-0.1, -0.05) is 132 Å². The Morgan fingerprint density at radius 1 is 0.714 bits per heavy atom. The molecule has 0 saturated carbocycles. The maximum atomic E-state index is 13.5. The fourth-order valence-corrected chi connectivity index (χ4v) is 12.0. The molecule has 0 bridgehead atoms. The molecule has 2 aromatic heterocycles. The summed E-state index contributed by atoms with van der Waals surface area (Å²) in [7, 11) is 0. The maximum absolute atomic E-state index is 13.5. The van der Waals surface area contributed by atoms with Crippen LogP contribution in [0.5, 0.6) is 0 Å². The van der Waals surface area contributed by atoms with Crippen molar-refractivity contribution in [1.29, 1.82) is 0 Å². The minimum Gasteiger partial charge on any atom is -0.392 e. The number of carbonyl (C=O) groups excluding carboxylic acids is 2. The van der Waals surface area contributed by atoms with E-state index in [2.05, 4.69) is 97.8 Å². The molecule has 2 fully saturated rings. The number of aromatic nitrogens is 3. The molecule has 84 heavy (non-hydrogen) atoms. The van der Waals surface area contributed by atoms with Gasteiger partial charge < -0.3 is 40.2 Å². The third-order valence-corrected chi connectivity index (χ3v) is 17.4. The smallest absolute Gasteiger partial charge is 0.255 e. The summed E-state index contributed by atoms with van der Waals surface area (Å²) in [5.74, 6) is 0.780. The van der Waals surface area contributed by atoms with E-state index in [0.29, 0.717) is 69.1 Å². The van der Waals surface area contributed by atoms with Crippen LogP contribution < -0.4 is 16.0 Å². The van der Waals surface area contributed by atoms with Crippen molar-refractivity contribution >= 4 is 40.5 Å².